The molecular formula is C22H31NO6. The second-order valence-electron chi connectivity index (χ2n) is 7.95. The van der Waals surface area contributed by atoms with Crippen LogP contribution in [-0.4, -0.2) is 57.0 Å². The van der Waals surface area contributed by atoms with E-state index in [0.717, 1.165) is 12.8 Å². The molecule has 1 aliphatic heterocycles. The Morgan fingerprint density at radius 2 is 1.72 bits per heavy atom. The molecule has 0 aromatic heterocycles. The molecule has 0 atom stereocenters. The van der Waals surface area contributed by atoms with Gasteiger partial charge in [-0.05, 0) is 51.2 Å². The number of allylic oxidation sites excluding steroid dienone is 1. The normalized spacial score (nSPS) is 15.3. The maximum absolute atomic E-state index is 12.3. The summed E-state index contributed by atoms with van der Waals surface area (Å²) in [6.07, 6.45) is 5.33. The number of piperidine rings is 1. The largest absolute Gasteiger partial charge is 0.497 e. The van der Waals surface area contributed by atoms with Crippen molar-refractivity contribution in [2.24, 2.45) is 5.92 Å². The summed E-state index contributed by atoms with van der Waals surface area (Å²) in [5.74, 6) is 0.810. The maximum atomic E-state index is 12.3. The van der Waals surface area contributed by atoms with Crippen molar-refractivity contribution in [3.8, 4) is 11.5 Å². The Labute approximate surface area is 172 Å². The summed E-state index contributed by atoms with van der Waals surface area (Å²) in [6.45, 7) is 6.86. The number of carbonyl (C=O) groups is 2. The molecule has 1 aliphatic rings. The Hall–Kier alpha value is -2.70. The number of rotatable bonds is 5. The van der Waals surface area contributed by atoms with Crippen LogP contribution in [0.5, 0.6) is 11.5 Å². The second-order valence-corrected chi connectivity index (χ2v) is 7.95. The molecule has 0 spiro atoms. The van der Waals surface area contributed by atoms with E-state index in [1.807, 2.05) is 26.8 Å². The van der Waals surface area contributed by atoms with Crippen LogP contribution in [0.25, 0.3) is 6.08 Å². The van der Waals surface area contributed by atoms with Gasteiger partial charge in [0, 0.05) is 19.2 Å². The van der Waals surface area contributed by atoms with E-state index in [4.69, 9.17) is 18.9 Å². The summed E-state index contributed by atoms with van der Waals surface area (Å²) in [4.78, 5) is 26.2. The van der Waals surface area contributed by atoms with Crippen LogP contribution < -0.4 is 9.47 Å². The monoisotopic (exact) mass is 405 g/mol. The molecule has 0 saturated carbocycles. The van der Waals surface area contributed by atoms with E-state index in [9.17, 15) is 9.59 Å². The maximum Gasteiger partial charge on any atom is 0.410 e. The lowest BCUT2D eigenvalue weighted by Crippen LogP contribution is -2.41. The summed E-state index contributed by atoms with van der Waals surface area (Å²) < 4.78 is 21.0. The first-order chi connectivity index (χ1) is 13.7. The van der Waals surface area contributed by atoms with Crippen LogP contribution in [0.15, 0.2) is 18.2 Å². The Morgan fingerprint density at radius 3 is 2.24 bits per heavy atom. The van der Waals surface area contributed by atoms with Crippen LogP contribution in [0.4, 0.5) is 4.79 Å². The minimum atomic E-state index is -0.496. The molecule has 7 nitrogen and oxygen atoms in total. The standard InChI is InChI=1S/C22H31NO6/c1-22(2,3)29-21(25)23-11-9-15(10-12-23)7-8-16-13-17(26-4)14-18(27-5)19(16)20(24)28-6/h7-8,13-15H,9-12H2,1-6H3/b8-7+. The van der Waals surface area contributed by atoms with Crippen LogP contribution in [0, 0.1) is 5.92 Å². The van der Waals surface area contributed by atoms with Crippen molar-refractivity contribution >= 4 is 18.1 Å². The summed E-state index contributed by atoms with van der Waals surface area (Å²) in [6, 6.07) is 3.43. The number of hydrogen-bond donors (Lipinski definition) is 0. The first-order valence-electron chi connectivity index (χ1n) is 9.69. The molecule has 0 radical (unpaired) electrons. The molecule has 0 unspecified atom stereocenters. The van der Waals surface area contributed by atoms with E-state index >= 15 is 0 Å². The third-order valence-electron chi connectivity index (χ3n) is 4.69. The van der Waals surface area contributed by atoms with Crippen LogP contribution in [0.2, 0.25) is 0 Å². The number of carbonyl (C=O) groups excluding carboxylic acids is 2. The molecule has 0 bridgehead atoms. The van der Waals surface area contributed by atoms with Crippen LogP contribution in [0.1, 0.15) is 49.5 Å². The minimum Gasteiger partial charge on any atom is -0.497 e. The Balaban J connectivity index is 2.12. The van der Waals surface area contributed by atoms with Crippen molar-refractivity contribution in [3.63, 3.8) is 0 Å². The third-order valence-corrected chi connectivity index (χ3v) is 4.69. The topological polar surface area (TPSA) is 74.3 Å². The first-order valence-corrected chi connectivity index (χ1v) is 9.69. The Bertz CT molecular complexity index is 757. The molecule has 160 valence electrons. The van der Waals surface area contributed by atoms with Crippen LogP contribution in [0.3, 0.4) is 0 Å². The molecule has 1 heterocycles. The molecule has 1 aromatic carbocycles. The highest BCUT2D eigenvalue weighted by Crippen LogP contribution is 2.31. The zero-order valence-electron chi connectivity index (χ0n) is 18.1. The number of methoxy groups -OCH3 is 3. The molecule has 1 amide bonds. The van der Waals surface area contributed by atoms with Crippen LogP contribution in [-0.2, 0) is 9.47 Å². The van der Waals surface area contributed by atoms with Crippen molar-refractivity contribution < 1.29 is 28.5 Å². The van der Waals surface area contributed by atoms with Crippen molar-refractivity contribution in [2.45, 2.75) is 39.2 Å². The van der Waals surface area contributed by atoms with E-state index < -0.39 is 11.6 Å². The van der Waals surface area contributed by atoms with Gasteiger partial charge < -0.3 is 23.8 Å². The van der Waals surface area contributed by atoms with E-state index in [1.165, 1.54) is 14.2 Å². The lowest BCUT2D eigenvalue weighted by molar-refractivity contribution is 0.0197. The lowest BCUT2D eigenvalue weighted by Gasteiger charge is -2.32. The van der Waals surface area contributed by atoms with Gasteiger partial charge in [-0.25, -0.2) is 9.59 Å². The number of likely N-dealkylation sites (tertiary alicyclic amines) is 1. The van der Waals surface area contributed by atoms with Gasteiger partial charge in [-0.3, -0.25) is 0 Å². The number of amides is 1. The third kappa shape index (κ3) is 6.14. The SMILES string of the molecule is COC(=O)c1c(/C=C/C2CCN(C(=O)OC(C)(C)C)CC2)cc(OC)cc1OC. The highest BCUT2D eigenvalue weighted by Gasteiger charge is 2.26. The molecular weight excluding hydrogens is 374 g/mol. The van der Waals surface area contributed by atoms with Gasteiger partial charge in [0.2, 0.25) is 0 Å². The summed E-state index contributed by atoms with van der Waals surface area (Å²) >= 11 is 0. The van der Waals surface area contributed by atoms with E-state index in [0.29, 0.717) is 35.7 Å². The summed E-state index contributed by atoms with van der Waals surface area (Å²) in [5, 5.41) is 0. The number of benzene rings is 1. The van der Waals surface area contributed by atoms with Gasteiger partial charge in [0.25, 0.3) is 0 Å². The molecule has 1 aromatic rings. The average Bonchev–Trinajstić information content (AvgIpc) is 2.69. The van der Waals surface area contributed by atoms with E-state index in [2.05, 4.69) is 6.08 Å². The van der Waals surface area contributed by atoms with E-state index in [-0.39, 0.29) is 12.0 Å². The zero-order valence-corrected chi connectivity index (χ0v) is 18.1. The van der Waals surface area contributed by atoms with Crippen molar-refractivity contribution in [3.05, 3.63) is 29.3 Å². The zero-order chi connectivity index (χ0) is 21.6. The molecule has 2 rings (SSSR count). The summed E-state index contributed by atoms with van der Waals surface area (Å²) in [5.41, 5.74) is 0.532. The van der Waals surface area contributed by atoms with Crippen LogP contribution >= 0.6 is 0 Å². The Kier molecular flexibility index (Phi) is 7.53. The van der Waals surface area contributed by atoms with Gasteiger partial charge in [0.1, 0.15) is 22.7 Å². The second kappa shape index (κ2) is 9.67. The highest BCUT2D eigenvalue weighted by molar-refractivity contribution is 5.97. The molecule has 1 saturated heterocycles. The summed E-state index contributed by atoms with van der Waals surface area (Å²) in [7, 11) is 4.40. The first kappa shape index (κ1) is 22.6. The fraction of sp³-hybridized carbons (Fsp3) is 0.545. The molecule has 0 N–H and O–H groups in total. The minimum absolute atomic E-state index is 0.273. The Morgan fingerprint density at radius 1 is 1.07 bits per heavy atom. The smallest absolute Gasteiger partial charge is 0.410 e. The number of hydrogen-bond acceptors (Lipinski definition) is 6. The van der Waals surface area contributed by atoms with E-state index in [1.54, 1.807) is 24.1 Å². The predicted molar refractivity (Wildman–Crippen MR) is 110 cm³/mol. The predicted octanol–water partition coefficient (Wildman–Crippen LogP) is 4.15. The average molecular weight is 405 g/mol. The highest BCUT2D eigenvalue weighted by atomic mass is 16.6. The van der Waals surface area contributed by atoms with Crippen molar-refractivity contribution in [1.82, 2.24) is 4.90 Å². The molecule has 29 heavy (non-hydrogen) atoms. The molecule has 1 fully saturated rings. The van der Waals surface area contributed by atoms with Gasteiger partial charge in [-0.15, -0.1) is 0 Å². The van der Waals surface area contributed by atoms with Gasteiger partial charge in [0.15, 0.2) is 0 Å². The molecule has 7 heteroatoms. The van der Waals surface area contributed by atoms with Gasteiger partial charge in [-0.1, -0.05) is 12.2 Å². The lowest BCUT2D eigenvalue weighted by atomic mass is 9.95. The molecule has 0 aliphatic carbocycles. The fourth-order valence-electron chi connectivity index (χ4n) is 3.18. The van der Waals surface area contributed by atoms with Gasteiger partial charge in [0.05, 0.1) is 21.3 Å². The van der Waals surface area contributed by atoms with Crippen molar-refractivity contribution in [2.75, 3.05) is 34.4 Å². The fourth-order valence-corrected chi connectivity index (χ4v) is 3.18. The van der Waals surface area contributed by atoms with Gasteiger partial charge >= 0.3 is 12.1 Å². The van der Waals surface area contributed by atoms with Crippen molar-refractivity contribution in [1.29, 1.82) is 0 Å². The van der Waals surface area contributed by atoms with Gasteiger partial charge in [-0.2, -0.15) is 0 Å². The number of ether oxygens (including phenoxy) is 4. The number of esters is 1. The quantitative estimate of drug-likeness (QED) is 0.685. The number of nitrogens with zero attached hydrogens (tertiary/aromatic N) is 1.